The first-order valence-electron chi connectivity index (χ1n) is 7.21. The Morgan fingerprint density at radius 1 is 1.38 bits per heavy atom. The van der Waals surface area contributed by atoms with Gasteiger partial charge in [-0.25, -0.2) is 0 Å². The van der Waals surface area contributed by atoms with Gasteiger partial charge in [0, 0.05) is 32.4 Å². The molecule has 2 aromatic heterocycles. The lowest BCUT2D eigenvalue weighted by Crippen LogP contribution is -2.37. The van der Waals surface area contributed by atoms with Gasteiger partial charge >= 0.3 is 0 Å². The molecule has 114 valence electrons. The Morgan fingerprint density at radius 3 is 2.86 bits per heavy atom. The third-order valence-electron chi connectivity index (χ3n) is 3.68. The maximum absolute atomic E-state index is 9.17. The second-order valence-corrected chi connectivity index (χ2v) is 5.31. The third-order valence-corrected chi connectivity index (χ3v) is 3.68. The first-order chi connectivity index (χ1) is 10.2. The summed E-state index contributed by atoms with van der Waals surface area (Å²) in [6, 6.07) is 2.04. The van der Waals surface area contributed by atoms with Crippen LogP contribution in [0.2, 0.25) is 0 Å². The minimum absolute atomic E-state index is 0.0955. The number of anilines is 2. The SMILES string of the molecule is Cc1cc2c(N(C)CCO)nc(N3CCOCC3)nc2[nH]1. The monoisotopic (exact) mass is 291 g/mol. The molecule has 0 amide bonds. The lowest BCUT2D eigenvalue weighted by molar-refractivity contribution is 0.122. The van der Waals surface area contributed by atoms with Crippen molar-refractivity contribution in [3.63, 3.8) is 0 Å². The Bertz CT molecular complexity index is 621. The molecular weight excluding hydrogens is 270 g/mol. The van der Waals surface area contributed by atoms with Crippen molar-refractivity contribution in [1.82, 2.24) is 15.0 Å². The van der Waals surface area contributed by atoms with E-state index in [1.807, 2.05) is 24.9 Å². The number of morpholine rings is 1. The Kier molecular flexibility index (Phi) is 3.94. The van der Waals surface area contributed by atoms with Crippen molar-refractivity contribution in [1.29, 1.82) is 0 Å². The number of H-pyrrole nitrogens is 1. The molecule has 1 saturated heterocycles. The summed E-state index contributed by atoms with van der Waals surface area (Å²) in [5.74, 6) is 1.56. The number of nitrogens with one attached hydrogen (secondary N) is 1. The fraction of sp³-hybridized carbons (Fsp3) is 0.571. The standard InChI is InChI=1S/C14H21N5O2/c1-10-9-11-12(15-10)16-14(19-4-7-21-8-5-19)17-13(11)18(2)3-6-20/h9,20H,3-8H2,1-2H3,(H,15,16,17). The number of rotatable bonds is 4. The molecule has 0 aromatic carbocycles. The summed E-state index contributed by atoms with van der Waals surface area (Å²) in [7, 11) is 1.93. The predicted octanol–water partition coefficient (Wildman–Crippen LogP) is 0.531. The van der Waals surface area contributed by atoms with Crippen LogP contribution < -0.4 is 9.80 Å². The number of ether oxygens (including phenoxy) is 1. The molecule has 1 aliphatic rings. The molecule has 3 rings (SSSR count). The molecule has 21 heavy (non-hydrogen) atoms. The predicted molar refractivity (Wildman–Crippen MR) is 82.0 cm³/mol. The molecule has 0 atom stereocenters. The summed E-state index contributed by atoms with van der Waals surface area (Å²) in [6.07, 6.45) is 0. The van der Waals surface area contributed by atoms with E-state index in [0.29, 0.717) is 25.7 Å². The number of fused-ring (bicyclic) bond motifs is 1. The summed E-state index contributed by atoms with van der Waals surface area (Å²) >= 11 is 0. The van der Waals surface area contributed by atoms with Gasteiger partial charge in [0.1, 0.15) is 11.5 Å². The van der Waals surface area contributed by atoms with E-state index < -0.39 is 0 Å². The zero-order valence-corrected chi connectivity index (χ0v) is 12.5. The van der Waals surface area contributed by atoms with Gasteiger partial charge < -0.3 is 24.6 Å². The largest absolute Gasteiger partial charge is 0.395 e. The second kappa shape index (κ2) is 5.87. The highest BCUT2D eigenvalue weighted by atomic mass is 16.5. The fourth-order valence-corrected chi connectivity index (χ4v) is 2.57. The lowest BCUT2D eigenvalue weighted by atomic mass is 10.3. The van der Waals surface area contributed by atoms with Gasteiger partial charge in [0.25, 0.3) is 0 Å². The van der Waals surface area contributed by atoms with Crippen molar-refractivity contribution in [3.8, 4) is 0 Å². The molecule has 7 nitrogen and oxygen atoms in total. The van der Waals surface area contributed by atoms with Crippen molar-refractivity contribution < 1.29 is 9.84 Å². The quantitative estimate of drug-likeness (QED) is 0.856. The maximum atomic E-state index is 9.17. The van der Waals surface area contributed by atoms with Crippen LogP contribution in [0.1, 0.15) is 5.69 Å². The van der Waals surface area contributed by atoms with Crippen molar-refractivity contribution >= 4 is 22.8 Å². The molecule has 7 heteroatoms. The third kappa shape index (κ3) is 2.79. The van der Waals surface area contributed by atoms with E-state index in [4.69, 9.17) is 9.72 Å². The molecule has 0 saturated carbocycles. The maximum Gasteiger partial charge on any atom is 0.229 e. The van der Waals surface area contributed by atoms with Crippen molar-refractivity contribution in [2.24, 2.45) is 0 Å². The highest BCUT2D eigenvalue weighted by Crippen LogP contribution is 2.26. The minimum atomic E-state index is 0.0955. The van der Waals surface area contributed by atoms with E-state index in [2.05, 4.69) is 14.9 Å². The number of aliphatic hydroxyl groups excluding tert-OH is 1. The normalized spacial score (nSPS) is 15.7. The molecule has 2 N–H and O–H groups in total. The Morgan fingerprint density at radius 2 is 2.14 bits per heavy atom. The van der Waals surface area contributed by atoms with Crippen LogP contribution in [0.3, 0.4) is 0 Å². The van der Waals surface area contributed by atoms with Gasteiger partial charge in [-0.2, -0.15) is 9.97 Å². The van der Waals surface area contributed by atoms with Crippen LogP contribution in [0, 0.1) is 6.92 Å². The van der Waals surface area contributed by atoms with Gasteiger partial charge in [-0.3, -0.25) is 0 Å². The molecule has 0 radical (unpaired) electrons. The molecular formula is C14H21N5O2. The molecule has 0 bridgehead atoms. The highest BCUT2D eigenvalue weighted by Gasteiger charge is 2.19. The van der Waals surface area contributed by atoms with Crippen LogP contribution in [0.15, 0.2) is 6.07 Å². The van der Waals surface area contributed by atoms with Crippen LogP contribution in [0.4, 0.5) is 11.8 Å². The van der Waals surface area contributed by atoms with Gasteiger partial charge in [0.2, 0.25) is 5.95 Å². The number of aryl methyl sites for hydroxylation is 1. The van der Waals surface area contributed by atoms with E-state index >= 15 is 0 Å². The summed E-state index contributed by atoms with van der Waals surface area (Å²) in [5.41, 5.74) is 1.89. The summed E-state index contributed by atoms with van der Waals surface area (Å²) in [4.78, 5) is 16.7. The molecule has 1 fully saturated rings. The topological polar surface area (TPSA) is 77.5 Å². The second-order valence-electron chi connectivity index (χ2n) is 5.31. The van der Waals surface area contributed by atoms with Crippen LogP contribution in [-0.4, -0.2) is 66.6 Å². The van der Waals surface area contributed by atoms with Crippen molar-refractivity contribution in [3.05, 3.63) is 11.8 Å². The summed E-state index contributed by atoms with van der Waals surface area (Å²) in [6.45, 7) is 5.64. The molecule has 0 spiro atoms. The minimum Gasteiger partial charge on any atom is -0.395 e. The van der Waals surface area contributed by atoms with Gasteiger partial charge in [-0.1, -0.05) is 0 Å². The fourth-order valence-electron chi connectivity index (χ4n) is 2.57. The summed E-state index contributed by atoms with van der Waals surface area (Å²) in [5, 5.41) is 10.2. The Balaban J connectivity index is 2.05. The first kappa shape index (κ1) is 14.1. The van der Waals surface area contributed by atoms with Gasteiger partial charge in [0.15, 0.2) is 0 Å². The van der Waals surface area contributed by atoms with Crippen molar-refractivity contribution in [2.45, 2.75) is 6.92 Å². The van der Waals surface area contributed by atoms with Crippen LogP contribution >= 0.6 is 0 Å². The number of likely N-dealkylation sites (N-methyl/N-ethyl adjacent to an activating group) is 1. The van der Waals surface area contributed by atoms with E-state index in [1.54, 1.807) is 0 Å². The zero-order valence-electron chi connectivity index (χ0n) is 12.5. The lowest BCUT2D eigenvalue weighted by Gasteiger charge is -2.28. The van der Waals surface area contributed by atoms with Crippen LogP contribution in [0.25, 0.3) is 11.0 Å². The Hall–Kier alpha value is -1.86. The molecule has 3 heterocycles. The number of nitrogens with zero attached hydrogens (tertiary/aromatic N) is 4. The average Bonchev–Trinajstić information content (AvgIpc) is 2.87. The van der Waals surface area contributed by atoms with E-state index in [1.165, 1.54) is 0 Å². The van der Waals surface area contributed by atoms with Gasteiger partial charge in [-0.15, -0.1) is 0 Å². The highest BCUT2D eigenvalue weighted by molar-refractivity contribution is 5.89. The first-order valence-corrected chi connectivity index (χ1v) is 7.21. The smallest absolute Gasteiger partial charge is 0.229 e. The van der Waals surface area contributed by atoms with E-state index in [0.717, 1.165) is 35.6 Å². The number of hydrogen-bond acceptors (Lipinski definition) is 6. The Labute approximate surface area is 123 Å². The number of hydrogen-bond donors (Lipinski definition) is 2. The van der Waals surface area contributed by atoms with E-state index in [-0.39, 0.29) is 6.61 Å². The van der Waals surface area contributed by atoms with E-state index in [9.17, 15) is 5.11 Å². The number of aromatic amines is 1. The molecule has 1 aliphatic heterocycles. The van der Waals surface area contributed by atoms with Gasteiger partial charge in [0.05, 0.1) is 25.2 Å². The van der Waals surface area contributed by atoms with Crippen LogP contribution in [0.5, 0.6) is 0 Å². The molecule has 0 unspecified atom stereocenters. The van der Waals surface area contributed by atoms with Gasteiger partial charge in [-0.05, 0) is 13.0 Å². The number of aromatic nitrogens is 3. The number of aliphatic hydroxyl groups is 1. The summed E-state index contributed by atoms with van der Waals surface area (Å²) < 4.78 is 5.38. The van der Waals surface area contributed by atoms with Crippen molar-refractivity contribution in [2.75, 3.05) is 56.3 Å². The average molecular weight is 291 g/mol. The zero-order chi connectivity index (χ0) is 14.8. The molecule has 2 aromatic rings. The van der Waals surface area contributed by atoms with Crippen LogP contribution in [-0.2, 0) is 4.74 Å². The molecule has 0 aliphatic carbocycles.